The number of hydrogen-bond acceptors (Lipinski definition) is 7. The van der Waals surface area contributed by atoms with Crippen LogP contribution in [0.4, 0.5) is 5.69 Å². The maximum Gasteiger partial charge on any atom is 0.224 e. The molecule has 0 spiro atoms. The minimum Gasteiger partial charge on any atom is -0.494 e. The molecule has 3 aromatic carbocycles. The molecule has 0 aliphatic carbocycles. The van der Waals surface area contributed by atoms with Crippen LogP contribution in [0.2, 0.25) is 5.02 Å². The van der Waals surface area contributed by atoms with E-state index in [9.17, 15) is 20.1 Å². The van der Waals surface area contributed by atoms with Crippen molar-refractivity contribution in [2.24, 2.45) is 0 Å². The Labute approximate surface area is 238 Å². The van der Waals surface area contributed by atoms with Crippen LogP contribution in [0.5, 0.6) is 5.75 Å². The van der Waals surface area contributed by atoms with E-state index in [0.29, 0.717) is 41.5 Å². The van der Waals surface area contributed by atoms with E-state index in [1.165, 1.54) is 11.8 Å². The average molecular weight is 572 g/mol. The van der Waals surface area contributed by atoms with Gasteiger partial charge < -0.3 is 30.1 Å². The van der Waals surface area contributed by atoms with Gasteiger partial charge in [0.05, 0.1) is 18.4 Å². The number of hydrogen-bond donors (Lipinski definition) is 4. The highest BCUT2D eigenvalue weighted by Gasteiger charge is 2.44. The van der Waals surface area contributed by atoms with Crippen molar-refractivity contribution in [3.8, 4) is 5.75 Å². The first kappa shape index (κ1) is 29.4. The minimum atomic E-state index is -1.39. The lowest BCUT2D eigenvalue weighted by atomic mass is 9.90. The average Bonchev–Trinajstić information content (AvgIpc) is 2.94. The number of carbonyl (C=O) groups is 1. The molecule has 4 N–H and O–H groups in total. The molecular formula is C30H34ClNO6S. The van der Waals surface area contributed by atoms with Crippen LogP contribution in [0.25, 0.3) is 0 Å². The fourth-order valence-electron chi connectivity index (χ4n) is 4.47. The second-order valence-electron chi connectivity index (χ2n) is 9.38. The van der Waals surface area contributed by atoms with Crippen molar-refractivity contribution in [1.29, 1.82) is 0 Å². The van der Waals surface area contributed by atoms with Crippen molar-refractivity contribution in [3.63, 3.8) is 0 Å². The van der Waals surface area contributed by atoms with Crippen LogP contribution >= 0.6 is 23.4 Å². The summed E-state index contributed by atoms with van der Waals surface area (Å²) in [5.74, 6) is 0.999. The predicted octanol–water partition coefficient (Wildman–Crippen LogP) is 4.99. The molecule has 4 rings (SSSR count). The zero-order valence-corrected chi connectivity index (χ0v) is 23.5. The molecule has 9 heteroatoms. The lowest BCUT2D eigenvalue weighted by molar-refractivity contribution is -0.218. The number of aliphatic hydroxyl groups excluding tert-OH is 3. The number of halogens is 1. The number of thioether (sulfide) groups is 1. The first-order chi connectivity index (χ1) is 18.8. The van der Waals surface area contributed by atoms with Crippen LogP contribution in [0.3, 0.4) is 0 Å². The van der Waals surface area contributed by atoms with E-state index in [4.69, 9.17) is 21.1 Å². The molecule has 1 fully saturated rings. The molecule has 5 atom stereocenters. The Morgan fingerprint density at radius 2 is 1.74 bits per heavy atom. The third kappa shape index (κ3) is 7.33. The molecule has 1 heterocycles. The third-order valence-corrected chi connectivity index (χ3v) is 8.16. The molecule has 0 aromatic heterocycles. The maximum absolute atomic E-state index is 11.9. The zero-order valence-electron chi connectivity index (χ0n) is 21.9. The first-order valence-electron chi connectivity index (χ1n) is 13.0. The molecule has 3 aromatic rings. The molecule has 39 heavy (non-hydrogen) atoms. The van der Waals surface area contributed by atoms with Crippen LogP contribution in [0.1, 0.15) is 43.1 Å². The van der Waals surface area contributed by atoms with E-state index in [0.717, 1.165) is 21.8 Å². The smallest absolute Gasteiger partial charge is 0.224 e. The van der Waals surface area contributed by atoms with Gasteiger partial charge >= 0.3 is 0 Å². The SMILES string of the molecule is CCOc1ccc(Cc2cc([C@@H]3O[C@H](CSc4ccccc4NC(=O)CC)[C@H](O)[C@@H](O)[C@H]3O)ccc2Cl)cc1. The summed E-state index contributed by atoms with van der Waals surface area (Å²) in [7, 11) is 0. The van der Waals surface area contributed by atoms with Crippen molar-refractivity contribution < 1.29 is 29.6 Å². The van der Waals surface area contributed by atoms with E-state index in [-0.39, 0.29) is 5.91 Å². The van der Waals surface area contributed by atoms with Crippen molar-refractivity contribution in [3.05, 3.63) is 88.4 Å². The highest BCUT2D eigenvalue weighted by molar-refractivity contribution is 7.99. The summed E-state index contributed by atoms with van der Waals surface area (Å²) < 4.78 is 11.7. The molecule has 1 aliphatic heterocycles. The largest absolute Gasteiger partial charge is 0.494 e. The monoisotopic (exact) mass is 571 g/mol. The van der Waals surface area contributed by atoms with E-state index < -0.39 is 30.5 Å². The van der Waals surface area contributed by atoms with Gasteiger partial charge in [-0.3, -0.25) is 4.79 Å². The number of carbonyl (C=O) groups excluding carboxylic acids is 1. The van der Waals surface area contributed by atoms with E-state index in [1.54, 1.807) is 19.1 Å². The number of nitrogens with one attached hydrogen (secondary N) is 1. The fraction of sp³-hybridized carbons (Fsp3) is 0.367. The molecule has 0 unspecified atom stereocenters. The number of amides is 1. The second-order valence-corrected chi connectivity index (χ2v) is 10.8. The predicted molar refractivity (Wildman–Crippen MR) is 154 cm³/mol. The van der Waals surface area contributed by atoms with Gasteiger partial charge in [0.25, 0.3) is 0 Å². The van der Waals surface area contributed by atoms with Gasteiger partial charge in [0.15, 0.2) is 0 Å². The molecule has 1 amide bonds. The molecule has 1 aliphatic rings. The quantitative estimate of drug-likeness (QED) is 0.254. The molecule has 0 radical (unpaired) electrons. The van der Waals surface area contributed by atoms with Gasteiger partial charge in [0.2, 0.25) is 5.91 Å². The molecule has 1 saturated heterocycles. The fourth-order valence-corrected chi connectivity index (χ4v) is 5.72. The molecular weight excluding hydrogens is 538 g/mol. The lowest BCUT2D eigenvalue weighted by Crippen LogP contribution is -2.54. The Kier molecular flexibility index (Phi) is 10.3. The van der Waals surface area contributed by atoms with Crippen LogP contribution < -0.4 is 10.1 Å². The van der Waals surface area contributed by atoms with Crippen LogP contribution in [-0.2, 0) is 16.0 Å². The number of benzene rings is 3. The topological polar surface area (TPSA) is 108 Å². The summed E-state index contributed by atoms with van der Waals surface area (Å²) in [6.45, 7) is 4.31. The highest BCUT2D eigenvalue weighted by Crippen LogP contribution is 2.37. The standard InChI is InChI=1S/C30H34ClNO6S/c1-3-26(33)32-23-7-5-6-8-25(23)39-17-24-27(34)28(35)29(36)30(38-24)19-11-14-22(31)20(16-19)15-18-9-12-21(13-10-18)37-4-2/h5-14,16,24,27-30,34-36H,3-4,15,17H2,1-2H3,(H,32,33)/t24-,27+,28-,29-,30+/m1/s1. The first-order valence-corrected chi connectivity index (χ1v) is 14.4. The Morgan fingerprint density at radius 3 is 2.46 bits per heavy atom. The van der Waals surface area contributed by atoms with Crippen LogP contribution in [-0.4, -0.2) is 58.0 Å². The minimum absolute atomic E-state index is 0.0978. The van der Waals surface area contributed by atoms with Gasteiger partial charge in [-0.15, -0.1) is 11.8 Å². The van der Waals surface area contributed by atoms with Crippen molar-refractivity contribution in [2.75, 3.05) is 17.7 Å². The van der Waals surface area contributed by atoms with Crippen molar-refractivity contribution >= 4 is 35.0 Å². The van der Waals surface area contributed by atoms with Gasteiger partial charge in [-0.05, 0) is 60.4 Å². The summed E-state index contributed by atoms with van der Waals surface area (Å²) in [4.78, 5) is 12.7. The molecule has 208 valence electrons. The number of ether oxygens (including phenoxy) is 2. The Balaban J connectivity index is 1.50. The highest BCUT2D eigenvalue weighted by atomic mass is 35.5. The van der Waals surface area contributed by atoms with E-state index >= 15 is 0 Å². The zero-order chi connectivity index (χ0) is 27.9. The van der Waals surface area contributed by atoms with Crippen LogP contribution in [0.15, 0.2) is 71.6 Å². The third-order valence-electron chi connectivity index (χ3n) is 6.62. The van der Waals surface area contributed by atoms with Gasteiger partial charge in [-0.1, -0.05) is 54.9 Å². The molecule has 0 saturated carbocycles. The normalized spacial score (nSPS) is 22.9. The summed E-state index contributed by atoms with van der Waals surface area (Å²) >= 11 is 7.91. The van der Waals surface area contributed by atoms with Gasteiger partial charge in [-0.2, -0.15) is 0 Å². The Bertz CT molecular complexity index is 1260. The van der Waals surface area contributed by atoms with Crippen LogP contribution in [0, 0.1) is 0 Å². The summed E-state index contributed by atoms with van der Waals surface area (Å²) in [6.07, 6.45) is -4.70. The number of para-hydroxylation sites is 1. The Morgan fingerprint density at radius 1 is 1.00 bits per heavy atom. The van der Waals surface area contributed by atoms with E-state index in [1.807, 2.05) is 61.5 Å². The van der Waals surface area contributed by atoms with Gasteiger partial charge in [-0.25, -0.2) is 0 Å². The van der Waals surface area contributed by atoms with Gasteiger partial charge in [0.1, 0.15) is 30.2 Å². The number of aliphatic hydroxyl groups is 3. The van der Waals surface area contributed by atoms with Crippen molar-refractivity contribution in [2.45, 2.75) is 62.1 Å². The van der Waals surface area contributed by atoms with E-state index in [2.05, 4.69) is 5.32 Å². The number of anilines is 1. The Hall–Kier alpha value is -2.59. The summed E-state index contributed by atoms with van der Waals surface area (Å²) in [5, 5.41) is 35.7. The summed E-state index contributed by atoms with van der Waals surface area (Å²) in [6, 6.07) is 20.6. The second kappa shape index (κ2) is 13.7. The number of rotatable bonds is 10. The maximum atomic E-state index is 11.9. The molecule has 7 nitrogen and oxygen atoms in total. The summed E-state index contributed by atoms with van der Waals surface area (Å²) in [5.41, 5.74) is 3.22. The molecule has 0 bridgehead atoms. The van der Waals surface area contributed by atoms with Gasteiger partial charge in [0, 0.05) is 22.1 Å². The van der Waals surface area contributed by atoms with Crippen molar-refractivity contribution in [1.82, 2.24) is 0 Å². The lowest BCUT2D eigenvalue weighted by Gasteiger charge is -2.41.